The van der Waals surface area contributed by atoms with Gasteiger partial charge in [0.05, 0.1) is 12.7 Å². The zero-order valence-corrected chi connectivity index (χ0v) is 22.2. The zero-order valence-electron chi connectivity index (χ0n) is 22.2. The average Bonchev–Trinajstić information content (AvgIpc) is 3.11. The summed E-state index contributed by atoms with van der Waals surface area (Å²) in [4.78, 5) is 0. The van der Waals surface area contributed by atoms with Crippen molar-refractivity contribution in [3.63, 3.8) is 0 Å². The molecule has 182 valence electrons. The van der Waals surface area contributed by atoms with Gasteiger partial charge in [0.2, 0.25) is 0 Å². The standard InChI is InChI=1S/C31H52O/c1-7-8-20-32-25-16-18-30(5)24(21-25)12-13-26-28-15-14-27(23(4)11-9-10-22(2)3)31(28,6)19-17-29(26)30/h7-8,12,22-23,25-29H,9-11,13-21H2,1-6H3/b8-7-/t23-,25+,26+,27-,28+,29+,30+,31-/m1/s1. The molecule has 0 heterocycles. The molecule has 0 radical (unpaired) electrons. The summed E-state index contributed by atoms with van der Waals surface area (Å²) in [7, 11) is 0. The van der Waals surface area contributed by atoms with Crippen LogP contribution in [0.3, 0.4) is 0 Å². The van der Waals surface area contributed by atoms with Gasteiger partial charge in [-0.25, -0.2) is 0 Å². The molecule has 0 unspecified atom stereocenters. The van der Waals surface area contributed by atoms with Crippen molar-refractivity contribution in [1.29, 1.82) is 0 Å². The minimum Gasteiger partial charge on any atom is -0.374 e. The first kappa shape index (κ1) is 24.6. The van der Waals surface area contributed by atoms with Gasteiger partial charge < -0.3 is 4.74 Å². The second-order valence-electron chi connectivity index (χ2n) is 13.1. The van der Waals surface area contributed by atoms with Gasteiger partial charge in [0.25, 0.3) is 0 Å². The Morgan fingerprint density at radius 1 is 1.03 bits per heavy atom. The Bertz CT molecular complexity index is 689. The Morgan fingerprint density at radius 3 is 2.59 bits per heavy atom. The van der Waals surface area contributed by atoms with Gasteiger partial charge in [-0.05, 0) is 105 Å². The molecule has 4 aliphatic rings. The van der Waals surface area contributed by atoms with Crippen LogP contribution in [0, 0.1) is 46.3 Å². The van der Waals surface area contributed by atoms with E-state index in [2.05, 4.69) is 59.8 Å². The van der Waals surface area contributed by atoms with E-state index < -0.39 is 0 Å². The molecule has 0 aromatic rings. The molecule has 3 fully saturated rings. The number of ether oxygens (including phenoxy) is 1. The Hall–Kier alpha value is -0.560. The molecule has 4 rings (SSSR count). The average molecular weight is 441 g/mol. The highest BCUT2D eigenvalue weighted by Crippen LogP contribution is 2.67. The molecule has 1 heteroatoms. The molecule has 4 aliphatic carbocycles. The largest absolute Gasteiger partial charge is 0.374 e. The third-order valence-corrected chi connectivity index (χ3v) is 10.9. The summed E-state index contributed by atoms with van der Waals surface area (Å²) < 4.78 is 6.20. The summed E-state index contributed by atoms with van der Waals surface area (Å²) in [6.45, 7) is 15.6. The number of fused-ring (bicyclic) bond motifs is 5. The van der Waals surface area contributed by atoms with Gasteiger partial charge in [0.15, 0.2) is 0 Å². The highest BCUT2D eigenvalue weighted by Gasteiger charge is 2.59. The van der Waals surface area contributed by atoms with E-state index in [0.717, 1.165) is 42.1 Å². The number of hydrogen-bond donors (Lipinski definition) is 0. The van der Waals surface area contributed by atoms with Gasteiger partial charge >= 0.3 is 0 Å². The topological polar surface area (TPSA) is 9.23 Å². The summed E-state index contributed by atoms with van der Waals surface area (Å²) in [6, 6.07) is 0. The lowest BCUT2D eigenvalue weighted by molar-refractivity contribution is -0.0621. The molecule has 0 aliphatic heterocycles. The third kappa shape index (κ3) is 4.54. The molecule has 0 N–H and O–H groups in total. The maximum Gasteiger partial charge on any atom is 0.0651 e. The fourth-order valence-corrected chi connectivity index (χ4v) is 9.08. The van der Waals surface area contributed by atoms with Crippen LogP contribution in [0.5, 0.6) is 0 Å². The van der Waals surface area contributed by atoms with Crippen LogP contribution < -0.4 is 0 Å². The Balaban J connectivity index is 1.44. The summed E-state index contributed by atoms with van der Waals surface area (Å²) in [5.41, 5.74) is 2.81. The quantitative estimate of drug-likeness (QED) is 0.342. The molecular weight excluding hydrogens is 388 g/mol. The van der Waals surface area contributed by atoms with Gasteiger partial charge in [-0.1, -0.05) is 77.7 Å². The highest BCUT2D eigenvalue weighted by molar-refractivity contribution is 5.25. The van der Waals surface area contributed by atoms with Crippen LogP contribution in [0.15, 0.2) is 23.8 Å². The smallest absolute Gasteiger partial charge is 0.0651 e. The van der Waals surface area contributed by atoms with Crippen molar-refractivity contribution in [2.45, 2.75) is 118 Å². The number of hydrogen-bond acceptors (Lipinski definition) is 1. The Labute approximate surface area is 199 Å². The van der Waals surface area contributed by atoms with Crippen molar-refractivity contribution in [2.24, 2.45) is 46.3 Å². The summed E-state index contributed by atoms with van der Waals surface area (Å²) in [5, 5.41) is 0. The lowest BCUT2D eigenvalue weighted by Crippen LogP contribution is -2.51. The van der Waals surface area contributed by atoms with E-state index >= 15 is 0 Å². The Morgan fingerprint density at radius 2 is 1.84 bits per heavy atom. The van der Waals surface area contributed by atoms with Crippen molar-refractivity contribution >= 4 is 0 Å². The first-order valence-electron chi connectivity index (χ1n) is 14.2. The first-order chi connectivity index (χ1) is 15.3. The van der Waals surface area contributed by atoms with Crippen LogP contribution in [-0.4, -0.2) is 12.7 Å². The molecule has 32 heavy (non-hydrogen) atoms. The van der Waals surface area contributed by atoms with E-state index in [1.165, 1.54) is 70.6 Å². The summed E-state index contributed by atoms with van der Waals surface area (Å²) >= 11 is 0. The van der Waals surface area contributed by atoms with Crippen LogP contribution in [0.25, 0.3) is 0 Å². The van der Waals surface area contributed by atoms with E-state index in [4.69, 9.17) is 4.74 Å². The molecule has 8 atom stereocenters. The molecule has 0 aromatic heterocycles. The second kappa shape index (κ2) is 9.97. The minimum absolute atomic E-state index is 0.443. The van der Waals surface area contributed by atoms with E-state index in [0.29, 0.717) is 16.9 Å². The summed E-state index contributed by atoms with van der Waals surface area (Å²) in [5.74, 6) is 5.57. The van der Waals surface area contributed by atoms with Gasteiger partial charge in [-0.3, -0.25) is 0 Å². The Kier molecular flexibility index (Phi) is 7.65. The second-order valence-corrected chi connectivity index (χ2v) is 13.1. The van der Waals surface area contributed by atoms with Gasteiger partial charge in [0, 0.05) is 0 Å². The molecular formula is C31H52O. The molecule has 0 aromatic carbocycles. The van der Waals surface area contributed by atoms with Crippen molar-refractivity contribution in [3.8, 4) is 0 Å². The fraction of sp³-hybridized carbons (Fsp3) is 0.871. The van der Waals surface area contributed by atoms with Crippen molar-refractivity contribution in [2.75, 3.05) is 6.61 Å². The van der Waals surface area contributed by atoms with Crippen molar-refractivity contribution in [3.05, 3.63) is 23.8 Å². The van der Waals surface area contributed by atoms with E-state index in [1.54, 1.807) is 5.57 Å². The predicted octanol–water partition coefficient (Wildman–Crippen LogP) is 8.99. The number of allylic oxidation sites excluding steroid dienone is 2. The summed E-state index contributed by atoms with van der Waals surface area (Å²) in [6.07, 6.45) is 22.8. The van der Waals surface area contributed by atoms with Gasteiger partial charge in [0.1, 0.15) is 0 Å². The monoisotopic (exact) mass is 440 g/mol. The van der Waals surface area contributed by atoms with E-state index in [-0.39, 0.29) is 0 Å². The predicted molar refractivity (Wildman–Crippen MR) is 138 cm³/mol. The van der Waals surface area contributed by atoms with E-state index in [1.807, 2.05) is 0 Å². The van der Waals surface area contributed by atoms with Gasteiger partial charge in [-0.2, -0.15) is 0 Å². The van der Waals surface area contributed by atoms with Crippen LogP contribution >= 0.6 is 0 Å². The molecule has 0 spiro atoms. The van der Waals surface area contributed by atoms with Crippen LogP contribution in [-0.2, 0) is 4.74 Å². The lowest BCUT2D eigenvalue weighted by atomic mass is 9.47. The fourth-order valence-electron chi connectivity index (χ4n) is 9.08. The van der Waals surface area contributed by atoms with Crippen LogP contribution in [0.2, 0.25) is 0 Å². The molecule has 0 amide bonds. The maximum atomic E-state index is 6.20. The normalized spacial score (nSPS) is 42.5. The number of rotatable bonds is 8. The van der Waals surface area contributed by atoms with E-state index in [9.17, 15) is 0 Å². The highest BCUT2D eigenvalue weighted by atomic mass is 16.5. The molecule has 0 bridgehead atoms. The van der Waals surface area contributed by atoms with Gasteiger partial charge in [-0.15, -0.1) is 0 Å². The van der Waals surface area contributed by atoms with Crippen molar-refractivity contribution < 1.29 is 4.74 Å². The lowest BCUT2D eigenvalue weighted by Gasteiger charge is -2.58. The molecule has 0 saturated heterocycles. The first-order valence-corrected chi connectivity index (χ1v) is 14.2. The molecule has 1 nitrogen and oxygen atoms in total. The zero-order chi connectivity index (χ0) is 22.9. The van der Waals surface area contributed by atoms with Crippen LogP contribution in [0.1, 0.15) is 112 Å². The van der Waals surface area contributed by atoms with Crippen LogP contribution in [0.4, 0.5) is 0 Å². The minimum atomic E-state index is 0.443. The third-order valence-electron chi connectivity index (χ3n) is 10.9. The molecule has 3 saturated carbocycles. The SMILES string of the molecule is C/C=C\CO[C@H]1CC[C@@]2(C)C(=CC[C@H]3[C@@H]4CC[C@H]([C@H](C)CCCC(C)C)[C@@]4(C)CC[C@@H]32)C1. The van der Waals surface area contributed by atoms with Crippen molar-refractivity contribution in [1.82, 2.24) is 0 Å². The maximum absolute atomic E-state index is 6.20.